The summed E-state index contributed by atoms with van der Waals surface area (Å²) in [5.41, 5.74) is -1.99. The van der Waals surface area contributed by atoms with E-state index in [0.717, 1.165) is 25.3 Å². The van der Waals surface area contributed by atoms with Gasteiger partial charge in [-0.15, -0.1) is 0 Å². The molecule has 0 saturated carbocycles. The number of aromatic nitrogens is 2. The maximum Gasteiger partial charge on any atom is 0.434 e. The van der Waals surface area contributed by atoms with Crippen molar-refractivity contribution in [2.45, 2.75) is 46.1 Å². The van der Waals surface area contributed by atoms with E-state index in [1.54, 1.807) is 27.7 Å². The first-order valence-corrected chi connectivity index (χ1v) is 11.9. The van der Waals surface area contributed by atoms with E-state index in [1.807, 2.05) is 0 Å². The summed E-state index contributed by atoms with van der Waals surface area (Å²) in [6, 6.07) is 1.96. The van der Waals surface area contributed by atoms with Gasteiger partial charge in [0.2, 0.25) is 0 Å². The van der Waals surface area contributed by atoms with E-state index in [4.69, 9.17) is 43.9 Å². The van der Waals surface area contributed by atoms with E-state index in [2.05, 4.69) is 5.10 Å². The highest BCUT2D eigenvalue weighted by atomic mass is 35.5. The second-order valence-electron chi connectivity index (χ2n) is 7.26. The molecule has 0 bridgehead atoms. The Balaban J connectivity index is 2.64. The van der Waals surface area contributed by atoms with Crippen LogP contribution in [0.2, 0.25) is 10.0 Å². The van der Waals surface area contributed by atoms with Crippen LogP contribution in [0.4, 0.5) is 17.6 Å². The SMILES string of the molecule is CC(C)OP(=O)(OC(C)C)/C(Cl)=C/c1cc(-c2nn(C)c(C(F)(F)F)c2Cl)c(F)cc1Cl. The minimum atomic E-state index is -4.80. The molecule has 0 N–H and O–H groups in total. The minimum absolute atomic E-state index is 0.0447. The molecule has 13 heteroatoms. The van der Waals surface area contributed by atoms with Gasteiger partial charge in [0.1, 0.15) is 16.3 Å². The monoisotopic (exact) mass is 536 g/mol. The number of rotatable bonds is 7. The van der Waals surface area contributed by atoms with E-state index < -0.39 is 48.2 Å². The number of hydrogen-bond acceptors (Lipinski definition) is 4. The van der Waals surface area contributed by atoms with Crippen LogP contribution in [0.3, 0.4) is 0 Å². The predicted octanol–water partition coefficient (Wildman–Crippen LogP) is 8.13. The van der Waals surface area contributed by atoms with Crippen LogP contribution < -0.4 is 0 Å². The Kier molecular flexibility index (Phi) is 8.52. The van der Waals surface area contributed by atoms with E-state index in [0.29, 0.717) is 4.68 Å². The number of benzene rings is 1. The van der Waals surface area contributed by atoms with Crippen molar-refractivity contribution in [3.05, 3.63) is 44.0 Å². The predicted molar refractivity (Wildman–Crippen MR) is 118 cm³/mol. The lowest BCUT2D eigenvalue weighted by atomic mass is 10.1. The molecule has 1 heterocycles. The van der Waals surface area contributed by atoms with Crippen LogP contribution in [0.1, 0.15) is 39.0 Å². The fourth-order valence-electron chi connectivity index (χ4n) is 2.72. The summed E-state index contributed by atoms with van der Waals surface area (Å²) >= 11 is 18.2. The van der Waals surface area contributed by atoms with Crippen LogP contribution in [-0.4, -0.2) is 22.0 Å². The number of aryl methyl sites for hydroxylation is 1. The van der Waals surface area contributed by atoms with E-state index in [9.17, 15) is 22.1 Å². The van der Waals surface area contributed by atoms with Crippen molar-refractivity contribution in [1.29, 1.82) is 0 Å². The molecule has 0 unspecified atom stereocenters. The molecule has 1 aromatic heterocycles. The third-order valence-electron chi connectivity index (χ3n) is 3.83. The molecule has 2 rings (SSSR count). The standard InChI is InChI=1S/C19H20Cl3F4N2O3P/c1-9(2)30-32(29,31-10(3)4)15(21)7-11-6-12(14(23)8-13(11)20)17-16(22)18(19(24,25)26)28(5)27-17/h6-10H,1-5H3/b15-7+. The Morgan fingerprint density at radius 2 is 1.69 bits per heavy atom. The van der Waals surface area contributed by atoms with Gasteiger partial charge < -0.3 is 9.05 Å². The number of alkyl halides is 3. The number of halogens is 7. The lowest BCUT2D eigenvalue weighted by molar-refractivity contribution is -0.143. The van der Waals surface area contributed by atoms with Crippen molar-refractivity contribution >= 4 is 48.5 Å². The largest absolute Gasteiger partial charge is 0.434 e. The molecule has 0 amide bonds. The molecule has 5 nitrogen and oxygen atoms in total. The average molecular weight is 538 g/mol. The lowest BCUT2D eigenvalue weighted by Crippen LogP contribution is -2.12. The van der Waals surface area contributed by atoms with E-state index in [-0.39, 0.29) is 20.9 Å². The molecule has 0 radical (unpaired) electrons. The fourth-order valence-corrected chi connectivity index (χ4v) is 5.31. The van der Waals surface area contributed by atoms with Gasteiger partial charge in [-0.2, -0.15) is 18.3 Å². The van der Waals surface area contributed by atoms with Crippen molar-refractivity contribution < 1.29 is 31.2 Å². The number of hydrogen-bond donors (Lipinski definition) is 0. The summed E-state index contributed by atoms with van der Waals surface area (Å²) in [7, 11) is -2.93. The van der Waals surface area contributed by atoms with Gasteiger partial charge in [0.25, 0.3) is 0 Å². The maximum absolute atomic E-state index is 14.6. The average Bonchev–Trinajstić information content (AvgIpc) is 2.89. The summed E-state index contributed by atoms with van der Waals surface area (Å²) in [6.45, 7) is 6.52. The smallest absolute Gasteiger partial charge is 0.302 e. The summed E-state index contributed by atoms with van der Waals surface area (Å²) < 4.78 is 78.5. The van der Waals surface area contributed by atoms with Crippen molar-refractivity contribution in [2.75, 3.05) is 0 Å². The minimum Gasteiger partial charge on any atom is -0.302 e. The highest BCUT2D eigenvalue weighted by Crippen LogP contribution is 2.60. The molecule has 0 aliphatic heterocycles. The molecular formula is C19H20Cl3F4N2O3P. The number of nitrogens with zero attached hydrogens (tertiary/aromatic N) is 2. The topological polar surface area (TPSA) is 53.4 Å². The summed E-state index contributed by atoms with van der Waals surface area (Å²) in [5.74, 6) is -0.961. The normalized spacial score (nSPS) is 13.5. The van der Waals surface area contributed by atoms with Crippen molar-refractivity contribution in [3.8, 4) is 11.3 Å². The molecule has 0 fully saturated rings. The van der Waals surface area contributed by atoms with E-state index >= 15 is 0 Å². The van der Waals surface area contributed by atoms with Crippen LogP contribution in [0, 0.1) is 5.82 Å². The molecule has 0 aliphatic rings. The Hall–Kier alpha value is -1.09. The third kappa shape index (κ3) is 6.07. The summed E-state index contributed by atoms with van der Waals surface area (Å²) in [4.78, 5) is 0. The first-order valence-electron chi connectivity index (χ1n) is 9.20. The Morgan fingerprint density at radius 3 is 2.12 bits per heavy atom. The molecule has 178 valence electrons. The maximum atomic E-state index is 14.6. The zero-order chi connectivity index (χ0) is 24.6. The van der Waals surface area contributed by atoms with Crippen molar-refractivity contribution in [1.82, 2.24) is 9.78 Å². The van der Waals surface area contributed by atoms with Gasteiger partial charge in [0.05, 0.1) is 22.3 Å². The Bertz CT molecular complexity index is 1070. The van der Waals surface area contributed by atoms with Gasteiger partial charge in [-0.25, -0.2) is 4.39 Å². The van der Waals surface area contributed by atoms with Crippen LogP contribution in [-0.2, 0) is 26.8 Å². The molecule has 1 aromatic carbocycles. The van der Waals surface area contributed by atoms with Crippen LogP contribution in [0.15, 0.2) is 16.9 Å². The molecule has 32 heavy (non-hydrogen) atoms. The van der Waals surface area contributed by atoms with Gasteiger partial charge in [0, 0.05) is 12.6 Å². The molecule has 0 aliphatic carbocycles. The van der Waals surface area contributed by atoms with Crippen molar-refractivity contribution in [2.24, 2.45) is 7.05 Å². The third-order valence-corrected chi connectivity index (χ3v) is 7.30. The van der Waals surface area contributed by atoms with Gasteiger partial charge in [0.15, 0.2) is 5.69 Å². The zero-order valence-corrected chi connectivity index (χ0v) is 20.8. The zero-order valence-electron chi connectivity index (χ0n) is 17.6. The Morgan fingerprint density at radius 1 is 1.16 bits per heavy atom. The molecule has 0 saturated heterocycles. The Labute approximate surface area is 197 Å². The molecule has 0 atom stereocenters. The highest BCUT2D eigenvalue weighted by Gasteiger charge is 2.39. The summed E-state index contributed by atoms with van der Waals surface area (Å²) in [5, 5.41) is 2.79. The first-order chi connectivity index (χ1) is 14.6. The van der Waals surface area contributed by atoms with E-state index in [1.165, 1.54) is 0 Å². The second-order valence-corrected chi connectivity index (χ2v) is 10.6. The first kappa shape index (κ1) is 27.2. The van der Waals surface area contributed by atoms with Crippen LogP contribution in [0.25, 0.3) is 17.3 Å². The quantitative estimate of drug-likeness (QED) is 0.264. The van der Waals surface area contributed by atoms with Crippen molar-refractivity contribution in [3.63, 3.8) is 0 Å². The summed E-state index contributed by atoms with van der Waals surface area (Å²) in [6.07, 6.45) is -4.68. The van der Waals surface area contributed by atoms with Gasteiger partial charge in [-0.1, -0.05) is 34.8 Å². The van der Waals surface area contributed by atoms with Crippen LogP contribution in [0.5, 0.6) is 0 Å². The van der Waals surface area contributed by atoms with Gasteiger partial charge in [-0.05, 0) is 51.5 Å². The molecule has 0 spiro atoms. The molecular weight excluding hydrogens is 518 g/mol. The van der Waals surface area contributed by atoms with Crippen LogP contribution >= 0.6 is 42.4 Å². The molecule has 2 aromatic rings. The lowest BCUT2D eigenvalue weighted by Gasteiger charge is -2.22. The fraction of sp³-hybridized carbons (Fsp3) is 0.421. The highest BCUT2D eigenvalue weighted by molar-refractivity contribution is 7.61. The second kappa shape index (κ2) is 10.0. The van der Waals surface area contributed by atoms with Gasteiger partial charge >= 0.3 is 13.8 Å². The van der Waals surface area contributed by atoms with Gasteiger partial charge in [-0.3, -0.25) is 9.25 Å².